The van der Waals surface area contributed by atoms with Gasteiger partial charge in [-0.05, 0) is 17.7 Å². The molecule has 0 aliphatic carbocycles. The van der Waals surface area contributed by atoms with E-state index < -0.39 is 0 Å². The molecular weight excluding hydrogens is 256 g/mol. The average Bonchev–Trinajstić information content (AvgIpc) is 2.91. The summed E-state index contributed by atoms with van der Waals surface area (Å²) in [5.74, 6) is 0.853. The second-order valence-corrected chi connectivity index (χ2v) is 5.03. The molecule has 2 N–H and O–H groups in total. The van der Waals surface area contributed by atoms with E-state index in [0.29, 0.717) is 6.54 Å². The molecule has 0 radical (unpaired) electrons. The summed E-state index contributed by atoms with van der Waals surface area (Å²) in [6, 6.07) is 8.22. The van der Waals surface area contributed by atoms with Gasteiger partial charge in [-0.15, -0.1) is 0 Å². The van der Waals surface area contributed by atoms with Crippen LogP contribution in [-0.2, 0) is 9.47 Å². The van der Waals surface area contributed by atoms with Gasteiger partial charge in [0.05, 0.1) is 19.3 Å². The van der Waals surface area contributed by atoms with Crippen LogP contribution in [0.1, 0.15) is 11.6 Å². The van der Waals surface area contributed by atoms with Crippen molar-refractivity contribution in [2.75, 3.05) is 41.0 Å². The van der Waals surface area contributed by atoms with Crippen molar-refractivity contribution >= 4 is 0 Å². The van der Waals surface area contributed by atoms with Gasteiger partial charge in [-0.3, -0.25) is 4.90 Å². The maximum atomic E-state index is 5.99. The Bertz CT molecular complexity index is 415. The van der Waals surface area contributed by atoms with E-state index in [1.165, 1.54) is 5.56 Å². The van der Waals surface area contributed by atoms with E-state index in [1.54, 1.807) is 21.3 Å². The van der Waals surface area contributed by atoms with E-state index in [1.807, 2.05) is 18.2 Å². The average molecular weight is 280 g/mol. The summed E-state index contributed by atoms with van der Waals surface area (Å²) in [6.45, 7) is 2.21. The number of nitrogens with zero attached hydrogens (tertiary/aromatic N) is 1. The van der Waals surface area contributed by atoms with Crippen molar-refractivity contribution in [2.24, 2.45) is 5.73 Å². The Balaban J connectivity index is 2.16. The Hall–Kier alpha value is -1.14. The van der Waals surface area contributed by atoms with E-state index in [9.17, 15) is 0 Å². The van der Waals surface area contributed by atoms with Crippen molar-refractivity contribution < 1.29 is 14.2 Å². The molecule has 5 heteroatoms. The number of hydrogen-bond donors (Lipinski definition) is 1. The molecule has 0 spiro atoms. The maximum Gasteiger partial charge on any atom is 0.119 e. The number of rotatable bonds is 6. The third kappa shape index (κ3) is 3.12. The number of nitrogens with two attached hydrogens (primary N) is 1. The highest BCUT2D eigenvalue weighted by Crippen LogP contribution is 2.28. The molecule has 1 fully saturated rings. The normalized spacial score (nSPS) is 24.8. The van der Waals surface area contributed by atoms with Crippen LogP contribution in [0.15, 0.2) is 24.3 Å². The molecule has 1 heterocycles. The minimum absolute atomic E-state index is 0.0969. The van der Waals surface area contributed by atoms with E-state index >= 15 is 0 Å². The summed E-state index contributed by atoms with van der Waals surface area (Å²) in [4.78, 5) is 2.32. The zero-order valence-electron chi connectivity index (χ0n) is 12.4. The molecule has 1 aromatic rings. The van der Waals surface area contributed by atoms with Gasteiger partial charge in [0.25, 0.3) is 0 Å². The summed E-state index contributed by atoms with van der Waals surface area (Å²) in [7, 11) is 5.13. The van der Waals surface area contributed by atoms with Gasteiger partial charge in [-0.1, -0.05) is 12.1 Å². The molecule has 2 rings (SSSR count). The number of methoxy groups -OCH3 is 3. The predicted molar refractivity (Wildman–Crippen MR) is 78.0 cm³/mol. The molecule has 0 amide bonds. The van der Waals surface area contributed by atoms with Crippen molar-refractivity contribution in [3.05, 3.63) is 29.8 Å². The maximum absolute atomic E-state index is 5.99. The van der Waals surface area contributed by atoms with E-state index in [2.05, 4.69) is 11.0 Å². The first kappa shape index (κ1) is 15.3. The Morgan fingerprint density at radius 3 is 2.35 bits per heavy atom. The molecule has 20 heavy (non-hydrogen) atoms. The molecule has 0 saturated carbocycles. The van der Waals surface area contributed by atoms with Gasteiger partial charge in [-0.2, -0.15) is 0 Å². The smallest absolute Gasteiger partial charge is 0.119 e. The minimum atomic E-state index is 0.0969. The summed E-state index contributed by atoms with van der Waals surface area (Å²) < 4.78 is 16.3. The first-order valence-corrected chi connectivity index (χ1v) is 6.87. The standard InChI is InChI=1S/C15H24N2O3/c1-18-12-6-4-5-11(7-12)13(8-16)17-9-14(19-2)15(10-17)20-3/h4-7,13-15H,8-10,16H2,1-3H3. The number of hydrogen-bond acceptors (Lipinski definition) is 5. The monoisotopic (exact) mass is 280 g/mol. The highest BCUT2D eigenvalue weighted by atomic mass is 16.5. The van der Waals surface area contributed by atoms with Crippen molar-refractivity contribution in [2.45, 2.75) is 18.2 Å². The van der Waals surface area contributed by atoms with Gasteiger partial charge < -0.3 is 19.9 Å². The molecule has 0 bridgehead atoms. The number of benzene rings is 1. The van der Waals surface area contributed by atoms with E-state index in [-0.39, 0.29) is 18.2 Å². The fourth-order valence-electron chi connectivity index (χ4n) is 2.82. The summed E-state index contributed by atoms with van der Waals surface area (Å²) in [5, 5.41) is 0. The number of ether oxygens (including phenoxy) is 3. The van der Waals surface area contributed by atoms with Gasteiger partial charge in [0.1, 0.15) is 5.75 Å². The Labute approximate surface area is 120 Å². The van der Waals surface area contributed by atoms with Crippen LogP contribution in [0.4, 0.5) is 0 Å². The highest BCUT2D eigenvalue weighted by Gasteiger charge is 2.36. The van der Waals surface area contributed by atoms with Gasteiger partial charge in [0, 0.05) is 39.9 Å². The lowest BCUT2D eigenvalue weighted by Crippen LogP contribution is -2.33. The fraction of sp³-hybridized carbons (Fsp3) is 0.600. The largest absolute Gasteiger partial charge is 0.497 e. The van der Waals surface area contributed by atoms with Crippen LogP contribution in [0.5, 0.6) is 5.75 Å². The Morgan fingerprint density at radius 1 is 1.20 bits per heavy atom. The lowest BCUT2D eigenvalue weighted by atomic mass is 10.1. The van der Waals surface area contributed by atoms with Crippen molar-refractivity contribution in [1.82, 2.24) is 4.90 Å². The van der Waals surface area contributed by atoms with Crippen LogP contribution in [0.3, 0.4) is 0 Å². The van der Waals surface area contributed by atoms with Gasteiger partial charge in [0.2, 0.25) is 0 Å². The first-order chi connectivity index (χ1) is 9.73. The number of likely N-dealkylation sites (tertiary alicyclic amines) is 1. The van der Waals surface area contributed by atoms with Gasteiger partial charge >= 0.3 is 0 Å². The van der Waals surface area contributed by atoms with Crippen LogP contribution in [0.25, 0.3) is 0 Å². The fourth-order valence-corrected chi connectivity index (χ4v) is 2.82. The molecule has 1 aliphatic heterocycles. The van der Waals surface area contributed by atoms with Gasteiger partial charge in [0.15, 0.2) is 0 Å². The van der Waals surface area contributed by atoms with E-state index in [0.717, 1.165) is 18.8 Å². The molecule has 3 unspecified atom stereocenters. The Morgan fingerprint density at radius 2 is 1.85 bits per heavy atom. The zero-order valence-corrected chi connectivity index (χ0v) is 12.4. The molecule has 1 aliphatic rings. The van der Waals surface area contributed by atoms with Crippen molar-refractivity contribution in [1.29, 1.82) is 0 Å². The molecule has 1 aromatic carbocycles. The van der Waals surface area contributed by atoms with Crippen LogP contribution in [0.2, 0.25) is 0 Å². The quantitative estimate of drug-likeness (QED) is 0.844. The molecular formula is C15H24N2O3. The second-order valence-electron chi connectivity index (χ2n) is 5.03. The molecule has 1 saturated heterocycles. The lowest BCUT2D eigenvalue weighted by Gasteiger charge is -2.27. The van der Waals surface area contributed by atoms with Gasteiger partial charge in [-0.25, -0.2) is 0 Å². The Kier molecular flexibility index (Phi) is 5.37. The van der Waals surface area contributed by atoms with Crippen molar-refractivity contribution in [3.63, 3.8) is 0 Å². The second kappa shape index (κ2) is 7.04. The topological polar surface area (TPSA) is 57.0 Å². The third-order valence-corrected chi connectivity index (χ3v) is 3.99. The molecule has 112 valence electrons. The first-order valence-electron chi connectivity index (χ1n) is 6.87. The lowest BCUT2D eigenvalue weighted by molar-refractivity contribution is -0.00461. The summed E-state index contributed by atoms with van der Waals surface area (Å²) >= 11 is 0. The molecule has 5 nitrogen and oxygen atoms in total. The predicted octanol–water partition coefficient (Wildman–Crippen LogP) is 1.04. The summed E-state index contributed by atoms with van der Waals surface area (Å²) in [6.07, 6.45) is 0.194. The highest BCUT2D eigenvalue weighted by molar-refractivity contribution is 5.31. The molecule has 0 aromatic heterocycles. The minimum Gasteiger partial charge on any atom is -0.497 e. The van der Waals surface area contributed by atoms with Crippen molar-refractivity contribution in [3.8, 4) is 5.75 Å². The van der Waals surface area contributed by atoms with Crippen LogP contribution in [-0.4, -0.2) is 58.1 Å². The van der Waals surface area contributed by atoms with E-state index in [4.69, 9.17) is 19.9 Å². The summed E-state index contributed by atoms with van der Waals surface area (Å²) in [5.41, 5.74) is 7.15. The van der Waals surface area contributed by atoms with Crippen LogP contribution < -0.4 is 10.5 Å². The molecule has 3 atom stereocenters. The van der Waals surface area contributed by atoms with Crippen LogP contribution >= 0.6 is 0 Å². The third-order valence-electron chi connectivity index (χ3n) is 3.99. The SMILES string of the molecule is COc1cccc(C(CN)N2CC(OC)C(OC)C2)c1. The zero-order chi connectivity index (χ0) is 14.5. The van der Waals surface area contributed by atoms with Crippen LogP contribution in [0, 0.1) is 0 Å².